The number of halogens is 1. The lowest BCUT2D eigenvalue weighted by atomic mass is 10.0. The number of rotatable bonds is 5. The van der Waals surface area contributed by atoms with Gasteiger partial charge < -0.3 is 8.84 Å². The summed E-state index contributed by atoms with van der Waals surface area (Å²) in [5.74, 6) is 0. The second-order valence-electron chi connectivity index (χ2n) is 5.61. The van der Waals surface area contributed by atoms with E-state index >= 15 is 0 Å². The molecule has 2 rings (SSSR count). The van der Waals surface area contributed by atoms with E-state index in [4.69, 9.17) is 20.4 Å². The van der Waals surface area contributed by atoms with E-state index in [9.17, 15) is 0 Å². The average Bonchev–Trinajstić information content (AvgIpc) is 2.79. The minimum Gasteiger partial charge on any atom is -0.472 e. The van der Waals surface area contributed by atoms with Gasteiger partial charge in [0.2, 0.25) is 0 Å². The maximum atomic E-state index is 6.29. The minimum atomic E-state index is -1.63. The third kappa shape index (κ3) is 4.53. The summed E-state index contributed by atoms with van der Waals surface area (Å²) in [5.41, 5.74) is 2.26. The molecule has 1 aromatic heterocycles. The minimum absolute atomic E-state index is 0.0305. The molecule has 0 N–H and O–H groups in total. The second kappa shape index (κ2) is 5.95. The van der Waals surface area contributed by atoms with Crippen molar-refractivity contribution in [2.24, 2.45) is 0 Å². The predicted molar refractivity (Wildman–Crippen MR) is 81.0 cm³/mol. The van der Waals surface area contributed by atoms with Gasteiger partial charge in [-0.25, -0.2) is 0 Å². The molecule has 0 aliphatic heterocycles. The molecule has 0 fully saturated rings. The lowest BCUT2D eigenvalue weighted by molar-refractivity contribution is 0.198. The molecule has 1 aromatic carbocycles. The van der Waals surface area contributed by atoms with E-state index in [0.29, 0.717) is 0 Å². The van der Waals surface area contributed by atoms with Gasteiger partial charge in [0.15, 0.2) is 8.32 Å². The van der Waals surface area contributed by atoms with E-state index in [1.807, 2.05) is 24.3 Å². The molecule has 19 heavy (non-hydrogen) atoms. The first-order chi connectivity index (χ1) is 8.94. The maximum absolute atomic E-state index is 6.29. The van der Waals surface area contributed by atoms with Crippen molar-refractivity contribution in [3.05, 3.63) is 59.0 Å². The Morgan fingerprint density at radius 3 is 2.63 bits per heavy atom. The predicted octanol–water partition coefficient (Wildman–Crippen LogP) is 5.07. The number of hydrogen-bond donors (Lipinski definition) is 0. The Kier molecular flexibility index (Phi) is 4.50. The molecule has 0 bridgehead atoms. The van der Waals surface area contributed by atoms with Gasteiger partial charge in [0.05, 0.1) is 18.6 Å². The highest BCUT2D eigenvalue weighted by atomic mass is 35.5. The van der Waals surface area contributed by atoms with Gasteiger partial charge in [-0.2, -0.15) is 0 Å². The van der Waals surface area contributed by atoms with Gasteiger partial charge >= 0.3 is 0 Å². The Morgan fingerprint density at radius 1 is 1.26 bits per heavy atom. The van der Waals surface area contributed by atoms with E-state index in [0.717, 1.165) is 22.6 Å². The first-order valence-corrected chi connectivity index (χ1v) is 10.2. The first-order valence-electron chi connectivity index (χ1n) is 6.38. The van der Waals surface area contributed by atoms with Crippen molar-refractivity contribution in [2.45, 2.75) is 32.2 Å². The van der Waals surface area contributed by atoms with Gasteiger partial charge in [-0.05, 0) is 49.0 Å². The van der Waals surface area contributed by atoms with Crippen molar-refractivity contribution in [1.29, 1.82) is 0 Å². The molecule has 1 atom stereocenters. The molecular formula is C15H19ClO2Si. The van der Waals surface area contributed by atoms with Crippen LogP contribution in [-0.2, 0) is 10.8 Å². The molecule has 0 saturated carbocycles. The summed E-state index contributed by atoms with van der Waals surface area (Å²) in [6.07, 6.45) is 4.30. The van der Waals surface area contributed by atoms with Gasteiger partial charge in [-0.1, -0.05) is 23.7 Å². The van der Waals surface area contributed by atoms with Crippen LogP contribution in [0.2, 0.25) is 24.7 Å². The smallest absolute Gasteiger partial charge is 0.184 e. The average molecular weight is 295 g/mol. The zero-order valence-electron chi connectivity index (χ0n) is 11.5. The third-order valence-corrected chi connectivity index (χ3v) is 3.94. The normalized spacial score (nSPS) is 13.5. The summed E-state index contributed by atoms with van der Waals surface area (Å²) in [6, 6.07) is 9.87. The van der Waals surface area contributed by atoms with E-state index < -0.39 is 8.32 Å². The molecular weight excluding hydrogens is 276 g/mol. The Hall–Kier alpha value is -1.03. The lowest BCUT2D eigenvalue weighted by Gasteiger charge is -2.26. The van der Waals surface area contributed by atoms with Gasteiger partial charge in [-0.15, -0.1) is 0 Å². The fourth-order valence-corrected chi connectivity index (χ4v) is 3.26. The molecule has 0 radical (unpaired) electrons. The van der Waals surface area contributed by atoms with Crippen LogP contribution in [0.5, 0.6) is 0 Å². The van der Waals surface area contributed by atoms with Crippen LogP contribution in [0.15, 0.2) is 47.3 Å². The van der Waals surface area contributed by atoms with Crippen LogP contribution in [0, 0.1) is 0 Å². The zero-order valence-corrected chi connectivity index (χ0v) is 13.3. The van der Waals surface area contributed by atoms with Crippen LogP contribution in [0.4, 0.5) is 0 Å². The van der Waals surface area contributed by atoms with E-state index in [2.05, 4.69) is 25.7 Å². The molecule has 0 saturated heterocycles. The number of hydrogen-bond acceptors (Lipinski definition) is 2. The molecule has 2 aromatic rings. The van der Waals surface area contributed by atoms with Gasteiger partial charge in [0, 0.05) is 11.4 Å². The van der Waals surface area contributed by atoms with Crippen LogP contribution in [-0.4, -0.2) is 8.32 Å². The van der Waals surface area contributed by atoms with E-state index in [1.165, 1.54) is 0 Å². The van der Waals surface area contributed by atoms with Crippen molar-refractivity contribution in [1.82, 2.24) is 0 Å². The summed E-state index contributed by atoms with van der Waals surface area (Å²) in [5, 5.41) is 0.744. The Morgan fingerprint density at radius 2 is 2.05 bits per heavy atom. The Balaban J connectivity index is 2.23. The van der Waals surface area contributed by atoms with Crippen molar-refractivity contribution >= 4 is 19.9 Å². The highest BCUT2D eigenvalue weighted by Gasteiger charge is 2.23. The van der Waals surface area contributed by atoms with Crippen LogP contribution in [0.25, 0.3) is 0 Å². The molecule has 0 aliphatic carbocycles. The lowest BCUT2D eigenvalue weighted by Crippen LogP contribution is -2.28. The monoisotopic (exact) mass is 294 g/mol. The summed E-state index contributed by atoms with van der Waals surface area (Å²) < 4.78 is 11.4. The highest BCUT2D eigenvalue weighted by molar-refractivity contribution is 6.69. The van der Waals surface area contributed by atoms with Crippen LogP contribution < -0.4 is 0 Å². The topological polar surface area (TPSA) is 22.4 Å². The maximum Gasteiger partial charge on any atom is 0.184 e. The fraction of sp³-hybridized carbons (Fsp3) is 0.333. The van der Waals surface area contributed by atoms with Crippen LogP contribution in [0.1, 0.15) is 17.2 Å². The molecule has 0 spiro atoms. The second-order valence-corrected chi connectivity index (χ2v) is 10.5. The molecule has 1 heterocycles. The molecule has 1 unspecified atom stereocenters. The van der Waals surface area contributed by atoms with Crippen molar-refractivity contribution < 1.29 is 8.84 Å². The van der Waals surface area contributed by atoms with Crippen molar-refractivity contribution in [2.75, 3.05) is 0 Å². The van der Waals surface area contributed by atoms with Gasteiger partial charge in [-0.3, -0.25) is 0 Å². The first kappa shape index (κ1) is 14.4. The molecule has 102 valence electrons. The molecule has 2 nitrogen and oxygen atoms in total. The number of furan rings is 1. The summed E-state index contributed by atoms with van der Waals surface area (Å²) >= 11 is 6.08. The van der Waals surface area contributed by atoms with Gasteiger partial charge in [0.1, 0.15) is 0 Å². The molecule has 0 amide bonds. The van der Waals surface area contributed by atoms with Crippen molar-refractivity contribution in [3.8, 4) is 0 Å². The molecule has 0 aliphatic rings. The van der Waals surface area contributed by atoms with E-state index in [-0.39, 0.29) is 6.10 Å². The Bertz CT molecular complexity index is 517. The quantitative estimate of drug-likeness (QED) is 0.719. The Labute approximate surface area is 120 Å². The summed E-state index contributed by atoms with van der Waals surface area (Å²) in [6.45, 7) is 6.58. The van der Waals surface area contributed by atoms with E-state index in [1.54, 1.807) is 12.5 Å². The standard InChI is InChI=1S/C15H19ClO2Si/c1-19(2,3)18-15(9-12-7-8-17-11-12)13-5-4-6-14(16)10-13/h4-8,10-11,15H,9H2,1-3H3. The molecule has 4 heteroatoms. The van der Waals surface area contributed by atoms with Crippen molar-refractivity contribution in [3.63, 3.8) is 0 Å². The van der Waals surface area contributed by atoms with Crippen LogP contribution in [0.3, 0.4) is 0 Å². The summed E-state index contributed by atoms with van der Waals surface area (Å²) in [4.78, 5) is 0. The fourth-order valence-electron chi connectivity index (χ4n) is 1.98. The largest absolute Gasteiger partial charge is 0.472 e. The summed E-state index contributed by atoms with van der Waals surface area (Å²) in [7, 11) is -1.63. The number of benzene rings is 1. The van der Waals surface area contributed by atoms with Crippen LogP contribution >= 0.6 is 11.6 Å². The third-order valence-electron chi connectivity index (χ3n) is 2.72. The highest BCUT2D eigenvalue weighted by Crippen LogP contribution is 2.28. The SMILES string of the molecule is C[Si](C)(C)OC(Cc1ccoc1)c1cccc(Cl)c1. The zero-order chi connectivity index (χ0) is 13.9. The van der Waals surface area contributed by atoms with Gasteiger partial charge in [0.25, 0.3) is 0 Å².